The van der Waals surface area contributed by atoms with Gasteiger partial charge in [-0.05, 0) is 25.5 Å². The molecule has 4 heterocycles. The van der Waals surface area contributed by atoms with Gasteiger partial charge in [0.05, 0.1) is 13.0 Å². The number of fused-ring (bicyclic) bond motifs is 1. The lowest BCUT2D eigenvalue weighted by atomic mass is 10.2. The summed E-state index contributed by atoms with van der Waals surface area (Å²) < 4.78 is 13.1. The summed E-state index contributed by atoms with van der Waals surface area (Å²) in [5.74, 6) is 1.28. The van der Waals surface area contributed by atoms with E-state index in [2.05, 4.69) is 20.1 Å². The second-order valence-corrected chi connectivity index (χ2v) is 5.78. The highest BCUT2D eigenvalue weighted by Gasteiger charge is 2.34. The number of hydrogen-bond acceptors (Lipinski definition) is 6. The molecule has 112 valence electrons. The molecule has 0 unspecified atom stereocenters. The van der Waals surface area contributed by atoms with E-state index >= 15 is 0 Å². The second kappa shape index (κ2) is 5.23. The van der Waals surface area contributed by atoms with Crippen LogP contribution in [0.3, 0.4) is 0 Å². The van der Waals surface area contributed by atoms with Crippen molar-refractivity contribution in [3.63, 3.8) is 0 Å². The maximum Gasteiger partial charge on any atom is 0.232 e. The SMILES string of the molecule is Cn1nccc1Cc1nc([C@H]2CN3CCC[C@H]3CO2)no1. The van der Waals surface area contributed by atoms with E-state index in [1.54, 1.807) is 6.20 Å². The zero-order chi connectivity index (χ0) is 14.2. The number of hydrogen-bond donors (Lipinski definition) is 0. The van der Waals surface area contributed by atoms with Gasteiger partial charge in [0.2, 0.25) is 11.7 Å². The molecule has 0 aromatic carbocycles. The van der Waals surface area contributed by atoms with E-state index in [1.165, 1.54) is 12.8 Å². The van der Waals surface area contributed by atoms with Crippen LogP contribution >= 0.6 is 0 Å². The zero-order valence-corrected chi connectivity index (χ0v) is 12.1. The molecule has 0 amide bonds. The molecule has 2 aromatic rings. The van der Waals surface area contributed by atoms with E-state index in [0.29, 0.717) is 24.2 Å². The van der Waals surface area contributed by atoms with Gasteiger partial charge in [-0.2, -0.15) is 10.1 Å². The standard InChI is InChI=1S/C14H19N5O2/c1-18-10(4-5-15-18)7-13-16-14(17-21-13)12-8-19-6-2-3-11(19)9-20-12/h4-5,11-12H,2-3,6-9H2,1H3/t11-,12+/m0/s1. The quantitative estimate of drug-likeness (QED) is 0.837. The Labute approximate surface area is 122 Å². The molecule has 2 aromatic heterocycles. The van der Waals surface area contributed by atoms with Crippen LogP contribution in [0, 0.1) is 0 Å². The lowest BCUT2D eigenvalue weighted by Crippen LogP contribution is -2.42. The molecule has 2 fully saturated rings. The van der Waals surface area contributed by atoms with E-state index in [0.717, 1.165) is 25.4 Å². The predicted molar refractivity (Wildman–Crippen MR) is 73.6 cm³/mol. The van der Waals surface area contributed by atoms with Gasteiger partial charge in [0.15, 0.2) is 0 Å². The molecule has 0 radical (unpaired) electrons. The smallest absolute Gasteiger partial charge is 0.232 e. The number of morpholine rings is 1. The van der Waals surface area contributed by atoms with Crippen LogP contribution in [0.25, 0.3) is 0 Å². The number of aryl methyl sites for hydroxylation is 1. The van der Waals surface area contributed by atoms with Crippen LogP contribution < -0.4 is 0 Å². The van der Waals surface area contributed by atoms with Gasteiger partial charge in [-0.25, -0.2) is 0 Å². The summed E-state index contributed by atoms with van der Waals surface area (Å²) in [4.78, 5) is 6.97. The molecular weight excluding hydrogens is 270 g/mol. The lowest BCUT2D eigenvalue weighted by Gasteiger charge is -2.33. The van der Waals surface area contributed by atoms with Crippen LogP contribution in [0.5, 0.6) is 0 Å². The number of nitrogens with zero attached hydrogens (tertiary/aromatic N) is 5. The van der Waals surface area contributed by atoms with Gasteiger partial charge >= 0.3 is 0 Å². The number of rotatable bonds is 3. The fourth-order valence-corrected chi connectivity index (χ4v) is 3.17. The molecule has 7 heteroatoms. The molecule has 0 N–H and O–H groups in total. The highest BCUT2D eigenvalue weighted by molar-refractivity contribution is 5.07. The van der Waals surface area contributed by atoms with Crippen LogP contribution in [0.4, 0.5) is 0 Å². The third-order valence-electron chi connectivity index (χ3n) is 4.42. The Morgan fingerprint density at radius 3 is 3.24 bits per heavy atom. The summed E-state index contributed by atoms with van der Waals surface area (Å²) in [7, 11) is 1.91. The monoisotopic (exact) mass is 289 g/mol. The molecule has 2 saturated heterocycles. The average molecular weight is 289 g/mol. The summed E-state index contributed by atoms with van der Waals surface area (Å²) in [6.45, 7) is 2.80. The largest absolute Gasteiger partial charge is 0.367 e. The normalized spacial score (nSPS) is 26.1. The Morgan fingerprint density at radius 1 is 1.43 bits per heavy atom. The molecule has 0 saturated carbocycles. The highest BCUT2D eigenvalue weighted by atomic mass is 16.5. The van der Waals surface area contributed by atoms with Crippen molar-refractivity contribution in [3.8, 4) is 0 Å². The molecule has 0 aliphatic carbocycles. The van der Waals surface area contributed by atoms with Crippen molar-refractivity contribution >= 4 is 0 Å². The van der Waals surface area contributed by atoms with E-state index in [4.69, 9.17) is 9.26 Å². The van der Waals surface area contributed by atoms with Crippen LogP contribution in [0.1, 0.15) is 36.4 Å². The molecule has 4 rings (SSSR count). The van der Waals surface area contributed by atoms with Gasteiger partial charge in [-0.1, -0.05) is 5.16 Å². The van der Waals surface area contributed by atoms with Gasteiger partial charge < -0.3 is 9.26 Å². The minimum absolute atomic E-state index is 0.0663. The van der Waals surface area contributed by atoms with Crippen molar-refractivity contribution in [2.75, 3.05) is 19.7 Å². The van der Waals surface area contributed by atoms with Gasteiger partial charge in [-0.3, -0.25) is 9.58 Å². The molecule has 7 nitrogen and oxygen atoms in total. The zero-order valence-electron chi connectivity index (χ0n) is 12.1. The summed E-state index contributed by atoms with van der Waals surface area (Å²) in [5, 5.41) is 8.24. The molecule has 21 heavy (non-hydrogen) atoms. The fourth-order valence-electron chi connectivity index (χ4n) is 3.17. The highest BCUT2D eigenvalue weighted by Crippen LogP contribution is 2.28. The second-order valence-electron chi connectivity index (χ2n) is 5.78. The van der Waals surface area contributed by atoms with Crippen molar-refractivity contribution in [2.45, 2.75) is 31.4 Å². The van der Waals surface area contributed by atoms with Crippen molar-refractivity contribution in [1.82, 2.24) is 24.8 Å². The van der Waals surface area contributed by atoms with E-state index < -0.39 is 0 Å². The van der Waals surface area contributed by atoms with Gasteiger partial charge in [0.25, 0.3) is 0 Å². The third-order valence-corrected chi connectivity index (χ3v) is 4.42. The first kappa shape index (κ1) is 13.0. The fraction of sp³-hybridized carbons (Fsp3) is 0.643. The molecule has 0 bridgehead atoms. The van der Waals surface area contributed by atoms with Crippen LogP contribution in [0.15, 0.2) is 16.8 Å². The van der Waals surface area contributed by atoms with Crippen molar-refractivity contribution in [1.29, 1.82) is 0 Å². The first-order valence-corrected chi connectivity index (χ1v) is 7.44. The summed E-state index contributed by atoms with van der Waals surface area (Å²) in [6, 6.07) is 2.54. The van der Waals surface area contributed by atoms with Crippen LogP contribution in [-0.2, 0) is 18.2 Å². The molecular formula is C14H19N5O2. The maximum atomic E-state index is 5.91. The summed E-state index contributed by atoms with van der Waals surface area (Å²) in [6.07, 6.45) is 4.81. The minimum Gasteiger partial charge on any atom is -0.367 e. The topological polar surface area (TPSA) is 69.2 Å². The molecule has 2 aliphatic rings. The van der Waals surface area contributed by atoms with E-state index in [9.17, 15) is 0 Å². The first-order chi connectivity index (χ1) is 10.3. The van der Waals surface area contributed by atoms with Crippen LogP contribution in [-0.4, -0.2) is 50.6 Å². The van der Waals surface area contributed by atoms with Gasteiger partial charge in [0.1, 0.15) is 6.10 Å². The maximum absolute atomic E-state index is 5.91. The van der Waals surface area contributed by atoms with E-state index in [-0.39, 0.29) is 6.10 Å². The van der Waals surface area contributed by atoms with Crippen molar-refractivity contribution in [3.05, 3.63) is 29.7 Å². The van der Waals surface area contributed by atoms with E-state index in [1.807, 2.05) is 17.8 Å². The number of aromatic nitrogens is 4. The third kappa shape index (κ3) is 2.47. The van der Waals surface area contributed by atoms with Crippen molar-refractivity contribution in [2.24, 2.45) is 7.05 Å². The predicted octanol–water partition coefficient (Wildman–Crippen LogP) is 0.930. The lowest BCUT2D eigenvalue weighted by molar-refractivity contribution is -0.0548. The van der Waals surface area contributed by atoms with Crippen molar-refractivity contribution < 1.29 is 9.26 Å². The van der Waals surface area contributed by atoms with Gasteiger partial charge in [0, 0.05) is 31.5 Å². The summed E-state index contributed by atoms with van der Waals surface area (Å²) >= 11 is 0. The Balaban J connectivity index is 1.46. The summed E-state index contributed by atoms with van der Waals surface area (Å²) in [5.41, 5.74) is 1.05. The molecule has 2 aliphatic heterocycles. The average Bonchev–Trinajstić information content (AvgIpc) is 3.20. The Hall–Kier alpha value is -1.73. The molecule has 0 spiro atoms. The van der Waals surface area contributed by atoms with Gasteiger partial charge in [-0.15, -0.1) is 0 Å². The minimum atomic E-state index is -0.0663. The van der Waals surface area contributed by atoms with Crippen LogP contribution in [0.2, 0.25) is 0 Å². The Kier molecular flexibility index (Phi) is 3.23. The Bertz CT molecular complexity index is 622. The number of ether oxygens (including phenoxy) is 1. The molecule has 2 atom stereocenters. The Morgan fingerprint density at radius 2 is 2.38 bits per heavy atom. The first-order valence-electron chi connectivity index (χ1n) is 7.44.